The van der Waals surface area contributed by atoms with Crippen LogP contribution in [0.4, 0.5) is 5.69 Å². The van der Waals surface area contributed by atoms with Crippen molar-refractivity contribution in [3.05, 3.63) is 60.2 Å². The zero-order valence-electron chi connectivity index (χ0n) is 18.8. The van der Waals surface area contributed by atoms with E-state index in [1.807, 2.05) is 42.5 Å². The van der Waals surface area contributed by atoms with Gasteiger partial charge in [0, 0.05) is 18.9 Å². The molecule has 6 nitrogen and oxygen atoms in total. The largest absolute Gasteiger partial charge is 0.493 e. The number of hydrogen-bond donors (Lipinski definition) is 2. The van der Waals surface area contributed by atoms with Gasteiger partial charge >= 0.3 is 5.97 Å². The summed E-state index contributed by atoms with van der Waals surface area (Å²) in [6.07, 6.45) is 5.41. The van der Waals surface area contributed by atoms with Gasteiger partial charge in [0.15, 0.2) is 0 Å². The van der Waals surface area contributed by atoms with E-state index in [4.69, 9.17) is 9.84 Å². The molecule has 3 aromatic carbocycles. The van der Waals surface area contributed by atoms with Crippen molar-refractivity contribution in [3.8, 4) is 16.9 Å². The zero-order chi connectivity index (χ0) is 23.4. The van der Waals surface area contributed by atoms with Crippen LogP contribution in [0.25, 0.3) is 21.9 Å². The summed E-state index contributed by atoms with van der Waals surface area (Å²) in [6.45, 7) is 1.98. The molecule has 6 heteroatoms. The van der Waals surface area contributed by atoms with Gasteiger partial charge in [0.1, 0.15) is 5.75 Å². The highest BCUT2D eigenvalue weighted by Gasteiger charge is 2.17. The third-order valence-electron chi connectivity index (χ3n) is 6.30. The van der Waals surface area contributed by atoms with Gasteiger partial charge < -0.3 is 9.84 Å². The molecule has 4 rings (SSSR count). The number of fused-ring (bicyclic) bond motifs is 1. The van der Waals surface area contributed by atoms with Crippen LogP contribution in [-0.4, -0.2) is 28.8 Å². The fraction of sp³-hybridized carbons (Fsp3) is 0.333. The Labute approximate surface area is 193 Å². The number of ether oxygens (including phenoxy) is 1. The van der Waals surface area contributed by atoms with E-state index in [1.54, 1.807) is 12.1 Å². The van der Waals surface area contributed by atoms with Gasteiger partial charge in [-0.05, 0) is 77.4 Å². The molecular formula is C27H29NO5. The monoisotopic (exact) mass is 447 g/mol. The number of carboxylic acids is 1. The number of nitrogens with zero attached hydrogens (tertiary/aromatic N) is 1. The van der Waals surface area contributed by atoms with Crippen LogP contribution in [0.1, 0.15) is 44.6 Å². The highest BCUT2D eigenvalue weighted by molar-refractivity contribution is 5.95. The number of hydrogen-bond acceptors (Lipinski definition) is 4. The van der Waals surface area contributed by atoms with Crippen molar-refractivity contribution in [1.29, 1.82) is 0 Å². The summed E-state index contributed by atoms with van der Waals surface area (Å²) in [7, 11) is 0. The fourth-order valence-corrected chi connectivity index (χ4v) is 4.44. The van der Waals surface area contributed by atoms with Gasteiger partial charge in [-0.25, -0.2) is 0 Å². The number of carbonyl (C=O) groups excluding carboxylic acids is 1. The molecule has 1 fully saturated rings. The molecule has 2 N–H and O–H groups in total. The molecular weight excluding hydrogens is 418 g/mol. The van der Waals surface area contributed by atoms with Gasteiger partial charge in [-0.15, -0.1) is 0 Å². The lowest BCUT2D eigenvalue weighted by atomic mass is 9.97. The molecule has 0 heterocycles. The Morgan fingerprint density at radius 2 is 1.76 bits per heavy atom. The lowest BCUT2D eigenvalue weighted by Crippen LogP contribution is -2.23. The van der Waals surface area contributed by atoms with Crippen molar-refractivity contribution >= 4 is 28.3 Å². The van der Waals surface area contributed by atoms with E-state index in [9.17, 15) is 14.8 Å². The second-order valence-corrected chi connectivity index (χ2v) is 8.76. The quantitative estimate of drug-likeness (QED) is 0.335. The maximum absolute atomic E-state index is 11.6. The summed E-state index contributed by atoms with van der Waals surface area (Å²) in [5.41, 5.74) is 3.19. The number of carbonyl (C=O) groups is 2. The SMILES string of the molecule is CC(=O)N(O)c1ccc2ccc(-c3cc(CCC(=O)O)ccc3OCC3CCCC3)cc2c1. The van der Waals surface area contributed by atoms with Gasteiger partial charge in [-0.2, -0.15) is 5.06 Å². The Kier molecular flexibility index (Phi) is 6.94. The minimum atomic E-state index is -0.824. The average molecular weight is 448 g/mol. The lowest BCUT2D eigenvalue weighted by molar-refractivity contribution is -0.137. The van der Waals surface area contributed by atoms with E-state index in [2.05, 4.69) is 0 Å². The van der Waals surface area contributed by atoms with Crippen molar-refractivity contribution in [3.63, 3.8) is 0 Å². The van der Waals surface area contributed by atoms with Gasteiger partial charge in [-0.1, -0.05) is 37.1 Å². The highest BCUT2D eigenvalue weighted by Crippen LogP contribution is 2.35. The Hall–Kier alpha value is -3.38. The second-order valence-electron chi connectivity index (χ2n) is 8.76. The Bertz CT molecular complexity index is 1170. The zero-order valence-corrected chi connectivity index (χ0v) is 18.8. The van der Waals surface area contributed by atoms with Gasteiger partial charge in [-0.3, -0.25) is 14.8 Å². The number of rotatable bonds is 8. The molecule has 0 radical (unpaired) electrons. The number of anilines is 1. The van der Waals surface area contributed by atoms with Gasteiger partial charge in [0.2, 0.25) is 5.91 Å². The summed E-state index contributed by atoms with van der Waals surface area (Å²) >= 11 is 0. The molecule has 1 aliphatic rings. The molecule has 0 unspecified atom stereocenters. The Balaban J connectivity index is 1.70. The van der Waals surface area contributed by atoms with E-state index in [0.29, 0.717) is 29.7 Å². The number of benzene rings is 3. The summed E-state index contributed by atoms with van der Waals surface area (Å²) in [5.74, 6) is 0.0735. The molecule has 0 aromatic heterocycles. The van der Waals surface area contributed by atoms with E-state index >= 15 is 0 Å². The molecule has 1 aliphatic carbocycles. The average Bonchev–Trinajstić information content (AvgIpc) is 3.34. The molecule has 0 saturated heterocycles. The molecule has 0 bridgehead atoms. The summed E-state index contributed by atoms with van der Waals surface area (Å²) in [6, 6.07) is 17.2. The number of hydroxylamine groups is 1. The first-order chi connectivity index (χ1) is 15.9. The Morgan fingerprint density at radius 1 is 1.00 bits per heavy atom. The molecule has 172 valence electrons. The van der Waals surface area contributed by atoms with Crippen LogP contribution in [0.15, 0.2) is 54.6 Å². The third-order valence-corrected chi connectivity index (χ3v) is 6.30. The van der Waals surface area contributed by atoms with E-state index in [-0.39, 0.29) is 6.42 Å². The number of amides is 1. The van der Waals surface area contributed by atoms with Crippen LogP contribution in [0, 0.1) is 5.92 Å². The van der Waals surface area contributed by atoms with Crippen LogP contribution in [0.2, 0.25) is 0 Å². The molecule has 1 amide bonds. The van der Waals surface area contributed by atoms with Crippen molar-refractivity contribution in [1.82, 2.24) is 0 Å². The predicted molar refractivity (Wildman–Crippen MR) is 128 cm³/mol. The number of aliphatic carboxylic acids is 1. The van der Waals surface area contributed by atoms with Crippen LogP contribution < -0.4 is 9.80 Å². The number of aryl methyl sites for hydroxylation is 1. The van der Waals surface area contributed by atoms with Crippen molar-refractivity contribution in [2.75, 3.05) is 11.7 Å². The van der Waals surface area contributed by atoms with Crippen LogP contribution in [-0.2, 0) is 16.0 Å². The van der Waals surface area contributed by atoms with Crippen molar-refractivity contribution < 1.29 is 24.6 Å². The molecule has 3 aromatic rings. The molecule has 0 spiro atoms. The standard InChI is InChI=1S/C27H29NO5/c1-18(29)28(32)24-11-10-21-8-9-22(15-23(21)16-24)25-14-19(7-13-27(30)31)6-12-26(25)33-17-20-4-2-3-5-20/h6,8-12,14-16,20,32H,2-5,7,13,17H2,1H3,(H,30,31). The minimum Gasteiger partial charge on any atom is -0.493 e. The number of carboxylic acid groups (broad SMARTS) is 1. The lowest BCUT2D eigenvalue weighted by Gasteiger charge is -2.17. The molecule has 0 aliphatic heterocycles. The van der Waals surface area contributed by atoms with Crippen LogP contribution >= 0.6 is 0 Å². The van der Waals surface area contributed by atoms with E-state index < -0.39 is 11.9 Å². The predicted octanol–water partition coefficient (Wildman–Crippen LogP) is 5.84. The topological polar surface area (TPSA) is 87.1 Å². The summed E-state index contributed by atoms with van der Waals surface area (Å²) < 4.78 is 6.25. The van der Waals surface area contributed by atoms with Gasteiger partial charge in [0.05, 0.1) is 12.3 Å². The highest BCUT2D eigenvalue weighted by atomic mass is 16.5. The first-order valence-electron chi connectivity index (χ1n) is 11.4. The fourth-order valence-electron chi connectivity index (χ4n) is 4.44. The maximum Gasteiger partial charge on any atom is 0.303 e. The van der Waals surface area contributed by atoms with Crippen molar-refractivity contribution in [2.45, 2.75) is 45.4 Å². The molecule has 1 saturated carbocycles. The first-order valence-corrected chi connectivity index (χ1v) is 11.4. The third kappa shape index (κ3) is 5.52. The minimum absolute atomic E-state index is 0.0696. The maximum atomic E-state index is 11.6. The summed E-state index contributed by atoms with van der Waals surface area (Å²) in [5, 5.41) is 21.6. The smallest absolute Gasteiger partial charge is 0.303 e. The molecule has 33 heavy (non-hydrogen) atoms. The normalized spacial score (nSPS) is 13.9. The van der Waals surface area contributed by atoms with Crippen molar-refractivity contribution in [2.24, 2.45) is 5.92 Å². The van der Waals surface area contributed by atoms with Crippen LogP contribution in [0.3, 0.4) is 0 Å². The second kappa shape index (κ2) is 10.0. The van der Waals surface area contributed by atoms with E-state index in [1.165, 1.54) is 32.6 Å². The Morgan fingerprint density at radius 3 is 2.48 bits per heavy atom. The van der Waals surface area contributed by atoms with E-state index in [0.717, 1.165) is 33.2 Å². The van der Waals surface area contributed by atoms with Crippen LogP contribution in [0.5, 0.6) is 5.75 Å². The van der Waals surface area contributed by atoms with Gasteiger partial charge in [0.25, 0.3) is 0 Å². The molecule has 0 atom stereocenters. The first kappa shape index (κ1) is 22.8. The summed E-state index contributed by atoms with van der Waals surface area (Å²) in [4.78, 5) is 22.6.